The van der Waals surface area contributed by atoms with Crippen molar-refractivity contribution in [3.05, 3.63) is 100 Å². The summed E-state index contributed by atoms with van der Waals surface area (Å²) in [5.41, 5.74) is 1.62. The van der Waals surface area contributed by atoms with Gasteiger partial charge in [-0.3, -0.25) is 24.5 Å². The number of hydroxylamine groups is 1. The van der Waals surface area contributed by atoms with Crippen LogP contribution in [0.1, 0.15) is 24.1 Å². The Morgan fingerprint density at radius 3 is 2.15 bits per heavy atom. The Kier molecular flexibility index (Phi) is 4.75. The van der Waals surface area contributed by atoms with E-state index in [0.717, 1.165) is 21.7 Å². The number of nitro groups is 1. The van der Waals surface area contributed by atoms with Crippen LogP contribution in [0.4, 0.5) is 17.1 Å². The molecule has 3 atom stereocenters. The number of carbonyl (C=O) groups is 2. The summed E-state index contributed by atoms with van der Waals surface area (Å²) < 4.78 is 0. The fraction of sp³-hybridized carbons (Fsp3) is 0.200. The van der Waals surface area contributed by atoms with Crippen molar-refractivity contribution in [3.8, 4) is 0 Å². The zero-order chi connectivity index (χ0) is 23.3. The molecule has 0 aromatic heterocycles. The van der Waals surface area contributed by atoms with Crippen LogP contribution in [-0.4, -0.2) is 22.8 Å². The number of para-hydroxylation sites is 1. The monoisotopic (exact) mass is 443 g/mol. The van der Waals surface area contributed by atoms with E-state index in [-0.39, 0.29) is 11.4 Å². The van der Waals surface area contributed by atoms with E-state index in [2.05, 4.69) is 0 Å². The summed E-state index contributed by atoms with van der Waals surface area (Å²) in [6.07, 6.45) is -1.04. The first-order valence-corrected chi connectivity index (χ1v) is 10.5. The van der Waals surface area contributed by atoms with Crippen molar-refractivity contribution in [2.75, 3.05) is 9.96 Å². The third-order valence-corrected chi connectivity index (χ3v) is 6.40. The Hall–Kier alpha value is -4.04. The van der Waals surface area contributed by atoms with Crippen molar-refractivity contribution < 1.29 is 19.3 Å². The van der Waals surface area contributed by atoms with Crippen molar-refractivity contribution >= 4 is 28.9 Å². The first-order valence-electron chi connectivity index (χ1n) is 10.5. The molecule has 0 saturated carbocycles. The molecule has 2 fully saturated rings. The highest BCUT2D eigenvalue weighted by Gasteiger charge is 2.68. The molecule has 2 heterocycles. The van der Waals surface area contributed by atoms with Crippen molar-refractivity contribution in [1.29, 1.82) is 0 Å². The molecule has 0 N–H and O–H groups in total. The maximum atomic E-state index is 13.8. The average Bonchev–Trinajstić information content (AvgIpc) is 3.23. The lowest BCUT2D eigenvalue weighted by molar-refractivity contribution is -0.384. The highest BCUT2D eigenvalue weighted by molar-refractivity contribution is 6.25. The number of hydrogen-bond donors (Lipinski definition) is 0. The molecule has 2 aliphatic rings. The lowest BCUT2D eigenvalue weighted by Gasteiger charge is -2.32. The Morgan fingerprint density at radius 1 is 0.909 bits per heavy atom. The highest BCUT2D eigenvalue weighted by atomic mass is 16.7. The standard InChI is InChI=1S/C25H21N3O5/c1-16-8-10-17(11-9-16)21-25(2)22(33-27(21)19-6-4-3-5-7-19)23(29)26(24(25)30)18-12-14-20(15-13-18)28(31)32/h3-15,21-22H,1-2H3. The topological polar surface area (TPSA) is 93.0 Å². The predicted molar refractivity (Wildman–Crippen MR) is 121 cm³/mol. The Balaban J connectivity index is 1.60. The molecule has 0 spiro atoms. The van der Waals surface area contributed by atoms with E-state index >= 15 is 0 Å². The summed E-state index contributed by atoms with van der Waals surface area (Å²) in [6, 6.07) is 22.0. The molecule has 8 heteroatoms. The van der Waals surface area contributed by atoms with Crippen molar-refractivity contribution in [2.45, 2.75) is 26.0 Å². The zero-order valence-electron chi connectivity index (χ0n) is 18.0. The third-order valence-electron chi connectivity index (χ3n) is 6.40. The molecule has 0 aliphatic carbocycles. The van der Waals surface area contributed by atoms with Crippen molar-refractivity contribution in [3.63, 3.8) is 0 Å². The predicted octanol–water partition coefficient (Wildman–Crippen LogP) is 4.34. The van der Waals surface area contributed by atoms with Crippen LogP contribution >= 0.6 is 0 Å². The normalized spacial score (nSPS) is 24.3. The molecule has 5 rings (SSSR count). The molecular formula is C25H21N3O5. The van der Waals surface area contributed by atoms with E-state index in [4.69, 9.17) is 4.84 Å². The molecular weight excluding hydrogens is 422 g/mol. The summed E-state index contributed by atoms with van der Waals surface area (Å²) in [5.74, 6) is -0.901. The molecule has 0 radical (unpaired) electrons. The van der Waals surface area contributed by atoms with E-state index in [9.17, 15) is 19.7 Å². The van der Waals surface area contributed by atoms with Gasteiger partial charge in [-0.25, -0.2) is 9.96 Å². The lowest BCUT2D eigenvalue weighted by atomic mass is 9.76. The van der Waals surface area contributed by atoms with Crippen LogP contribution in [0.15, 0.2) is 78.9 Å². The van der Waals surface area contributed by atoms with Crippen LogP contribution in [0.25, 0.3) is 0 Å². The van der Waals surface area contributed by atoms with Crippen LogP contribution < -0.4 is 9.96 Å². The smallest absolute Gasteiger partial charge is 0.269 e. The number of amides is 2. The number of nitro benzene ring substituents is 1. The van der Waals surface area contributed by atoms with Crippen LogP contribution in [0, 0.1) is 22.5 Å². The SMILES string of the molecule is Cc1ccc(C2N(c3ccccc3)OC3C(=O)N(c4ccc([N+](=O)[O-])cc4)C(=O)C32C)cc1. The summed E-state index contributed by atoms with van der Waals surface area (Å²) in [7, 11) is 0. The van der Waals surface area contributed by atoms with Gasteiger partial charge in [-0.1, -0.05) is 48.0 Å². The molecule has 3 aromatic rings. The molecule has 0 bridgehead atoms. The molecule has 33 heavy (non-hydrogen) atoms. The largest absolute Gasteiger partial charge is 0.273 e. The quantitative estimate of drug-likeness (QED) is 0.338. The second kappa shape index (κ2) is 7.53. The lowest BCUT2D eigenvalue weighted by Crippen LogP contribution is -2.41. The second-order valence-corrected chi connectivity index (χ2v) is 8.50. The van der Waals surface area contributed by atoms with Gasteiger partial charge in [0.1, 0.15) is 5.41 Å². The number of rotatable bonds is 4. The second-order valence-electron chi connectivity index (χ2n) is 8.50. The summed E-state index contributed by atoms with van der Waals surface area (Å²) in [6.45, 7) is 3.73. The van der Waals surface area contributed by atoms with Crippen LogP contribution in [0.3, 0.4) is 0 Å². The first kappa shape index (κ1) is 20.8. The van der Waals surface area contributed by atoms with Gasteiger partial charge in [-0.15, -0.1) is 0 Å². The van der Waals surface area contributed by atoms with E-state index in [1.54, 1.807) is 12.0 Å². The van der Waals surface area contributed by atoms with Gasteiger partial charge in [0.25, 0.3) is 11.6 Å². The van der Waals surface area contributed by atoms with Gasteiger partial charge in [0.2, 0.25) is 5.91 Å². The molecule has 2 aliphatic heterocycles. The van der Waals surface area contributed by atoms with Gasteiger partial charge < -0.3 is 0 Å². The highest BCUT2D eigenvalue weighted by Crippen LogP contribution is 2.55. The van der Waals surface area contributed by atoms with Crippen molar-refractivity contribution in [1.82, 2.24) is 0 Å². The van der Waals surface area contributed by atoms with E-state index in [1.165, 1.54) is 24.3 Å². The average molecular weight is 443 g/mol. The fourth-order valence-corrected chi connectivity index (χ4v) is 4.64. The van der Waals surface area contributed by atoms with Crippen LogP contribution in [0.5, 0.6) is 0 Å². The zero-order valence-corrected chi connectivity index (χ0v) is 18.0. The van der Waals surface area contributed by atoms with Gasteiger partial charge in [0.05, 0.1) is 22.3 Å². The van der Waals surface area contributed by atoms with E-state index < -0.39 is 34.3 Å². The molecule has 3 unspecified atom stereocenters. The van der Waals surface area contributed by atoms with Gasteiger partial charge in [-0.05, 0) is 43.7 Å². The number of imide groups is 1. The molecule has 3 aromatic carbocycles. The van der Waals surface area contributed by atoms with Crippen molar-refractivity contribution in [2.24, 2.45) is 5.41 Å². The number of fused-ring (bicyclic) bond motifs is 1. The number of nitrogens with zero attached hydrogens (tertiary/aromatic N) is 3. The third kappa shape index (κ3) is 3.10. The molecule has 2 saturated heterocycles. The summed E-state index contributed by atoms with van der Waals surface area (Å²) >= 11 is 0. The van der Waals surface area contributed by atoms with Gasteiger partial charge >= 0.3 is 0 Å². The number of non-ortho nitro benzene ring substituents is 1. The van der Waals surface area contributed by atoms with Gasteiger partial charge in [0, 0.05) is 12.1 Å². The summed E-state index contributed by atoms with van der Waals surface area (Å²) in [5, 5.41) is 12.7. The summed E-state index contributed by atoms with van der Waals surface area (Å²) in [4.78, 5) is 45.0. The number of hydrogen-bond acceptors (Lipinski definition) is 6. The Labute approximate surface area is 190 Å². The number of benzene rings is 3. The molecule has 166 valence electrons. The minimum atomic E-state index is -1.20. The molecule has 2 amide bonds. The first-order chi connectivity index (χ1) is 15.8. The minimum absolute atomic E-state index is 0.117. The number of anilines is 2. The number of carbonyl (C=O) groups excluding carboxylic acids is 2. The molecule has 8 nitrogen and oxygen atoms in total. The number of aryl methyl sites for hydroxylation is 1. The van der Waals surface area contributed by atoms with Crippen LogP contribution in [0.2, 0.25) is 0 Å². The van der Waals surface area contributed by atoms with Crippen LogP contribution in [-0.2, 0) is 14.4 Å². The van der Waals surface area contributed by atoms with Gasteiger partial charge in [0.15, 0.2) is 6.10 Å². The maximum Gasteiger partial charge on any atom is 0.269 e. The van der Waals surface area contributed by atoms with E-state index in [1.807, 2.05) is 61.5 Å². The minimum Gasteiger partial charge on any atom is -0.273 e. The fourth-order valence-electron chi connectivity index (χ4n) is 4.64. The van der Waals surface area contributed by atoms with E-state index in [0.29, 0.717) is 0 Å². The maximum absolute atomic E-state index is 13.8. The van der Waals surface area contributed by atoms with Gasteiger partial charge in [-0.2, -0.15) is 0 Å². The Morgan fingerprint density at radius 2 is 1.55 bits per heavy atom. The Bertz CT molecular complexity index is 1240.